The molecule has 1 aliphatic rings. The van der Waals surface area contributed by atoms with Crippen LogP contribution in [0.1, 0.15) is 23.5 Å². The van der Waals surface area contributed by atoms with Crippen LogP contribution < -0.4 is 4.74 Å². The number of carbonyl (C=O) groups is 2. The molecule has 0 aliphatic carbocycles. The van der Waals surface area contributed by atoms with Crippen LogP contribution in [0.3, 0.4) is 0 Å². The van der Waals surface area contributed by atoms with Crippen LogP contribution in [-0.4, -0.2) is 37.0 Å². The maximum absolute atomic E-state index is 13.0. The largest absolute Gasteiger partial charge is 0.497 e. The van der Waals surface area contributed by atoms with E-state index in [1.165, 1.54) is 7.11 Å². The van der Waals surface area contributed by atoms with Crippen LogP contribution in [0.2, 0.25) is 0 Å². The van der Waals surface area contributed by atoms with E-state index in [2.05, 4.69) is 0 Å². The fourth-order valence-corrected chi connectivity index (χ4v) is 3.24. The van der Waals surface area contributed by atoms with Crippen molar-refractivity contribution in [1.29, 1.82) is 0 Å². The molecule has 2 aromatic carbocycles. The van der Waals surface area contributed by atoms with Crippen molar-refractivity contribution in [2.24, 2.45) is 0 Å². The standard InChI is InChI=1S/C20H21NO4/c1-24-16-10-8-14(9-11-16)13-21-18(20(23)25-2)12-17(19(21)22)15-6-4-3-5-7-15/h3-11,17-18H,12-13H2,1-2H3. The van der Waals surface area contributed by atoms with Gasteiger partial charge in [0.25, 0.3) is 0 Å². The minimum atomic E-state index is -0.565. The van der Waals surface area contributed by atoms with Crippen molar-refractivity contribution in [2.45, 2.75) is 24.9 Å². The summed E-state index contributed by atoms with van der Waals surface area (Å²) in [6, 6.07) is 16.5. The Balaban J connectivity index is 1.85. The quantitative estimate of drug-likeness (QED) is 0.786. The Hall–Kier alpha value is -2.82. The summed E-state index contributed by atoms with van der Waals surface area (Å²) >= 11 is 0. The average Bonchev–Trinajstić information content (AvgIpc) is 2.99. The summed E-state index contributed by atoms with van der Waals surface area (Å²) in [6.45, 7) is 0.367. The van der Waals surface area contributed by atoms with Gasteiger partial charge in [0.2, 0.25) is 5.91 Å². The van der Waals surface area contributed by atoms with Crippen LogP contribution in [0.25, 0.3) is 0 Å². The van der Waals surface area contributed by atoms with Crippen LogP contribution in [0, 0.1) is 0 Å². The van der Waals surface area contributed by atoms with Crippen molar-refractivity contribution in [1.82, 2.24) is 4.90 Å². The van der Waals surface area contributed by atoms with E-state index < -0.39 is 6.04 Å². The maximum Gasteiger partial charge on any atom is 0.328 e. The molecule has 0 saturated carbocycles. The summed E-state index contributed by atoms with van der Waals surface area (Å²) < 4.78 is 10.1. The first-order valence-electron chi connectivity index (χ1n) is 8.20. The Morgan fingerprint density at radius 1 is 1.08 bits per heavy atom. The molecular formula is C20H21NO4. The van der Waals surface area contributed by atoms with Crippen molar-refractivity contribution in [3.8, 4) is 5.75 Å². The lowest BCUT2D eigenvalue weighted by Crippen LogP contribution is -2.38. The molecule has 0 N–H and O–H groups in total. The topological polar surface area (TPSA) is 55.8 Å². The summed E-state index contributed by atoms with van der Waals surface area (Å²) in [5.74, 6) is 0.0180. The van der Waals surface area contributed by atoms with E-state index in [1.54, 1.807) is 12.0 Å². The molecule has 1 saturated heterocycles. The van der Waals surface area contributed by atoms with Gasteiger partial charge in [-0.3, -0.25) is 4.79 Å². The van der Waals surface area contributed by atoms with Crippen LogP contribution >= 0.6 is 0 Å². The summed E-state index contributed by atoms with van der Waals surface area (Å²) in [6.07, 6.45) is 0.436. The summed E-state index contributed by atoms with van der Waals surface area (Å²) in [4.78, 5) is 26.8. The van der Waals surface area contributed by atoms with E-state index in [0.29, 0.717) is 13.0 Å². The van der Waals surface area contributed by atoms with Gasteiger partial charge in [0.05, 0.1) is 20.1 Å². The van der Waals surface area contributed by atoms with E-state index in [9.17, 15) is 9.59 Å². The van der Waals surface area contributed by atoms with Crippen LogP contribution in [-0.2, 0) is 20.9 Å². The summed E-state index contributed by atoms with van der Waals surface area (Å²) in [7, 11) is 2.96. The molecule has 3 rings (SSSR count). The molecule has 130 valence electrons. The molecule has 0 radical (unpaired) electrons. The summed E-state index contributed by atoms with van der Waals surface area (Å²) in [5.41, 5.74) is 1.87. The first-order chi connectivity index (χ1) is 12.1. The zero-order valence-corrected chi connectivity index (χ0v) is 14.3. The van der Waals surface area contributed by atoms with E-state index in [4.69, 9.17) is 9.47 Å². The van der Waals surface area contributed by atoms with Gasteiger partial charge in [-0.05, 0) is 29.7 Å². The van der Waals surface area contributed by atoms with Crippen molar-refractivity contribution in [2.75, 3.05) is 14.2 Å². The van der Waals surface area contributed by atoms with Gasteiger partial charge in [0.15, 0.2) is 0 Å². The van der Waals surface area contributed by atoms with Crippen LogP contribution in [0.15, 0.2) is 54.6 Å². The molecule has 2 atom stereocenters. The molecule has 5 nitrogen and oxygen atoms in total. The predicted octanol–water partition coefficient (Wildman–Crippen LogP) is 2.75. The lowest BCUT2D eigenvalue weighted by atomic mass is 9.96. The second-order valence-electron chi connectivity index (χ2n) is 6.05. The number of likely N-dealkylation sites (tertiary alicyclic amines) is 1. The molecule has 1 amide bonds. The predicted molar refractivity (Wildman–Crippen MR) is 93.1 cm³/mol. The fourth-order valence-electron chi connectivity index (χ4n) is 3.24. The second kappa shape index (κ2) is 7.38. The monoisotopic (exact) mass is 339 g/mol. The van der Waals surface area contributed by atoms with Crippen LogP contribution in [0.4, 0.5) is 0 Å². The highest BCUT2D eigenvalue weighted by Gasteiger charge is 2.44. The van der Waals surface area contributed by atoms with Gasteiger partial charge in [-0.15, -0.1) is 0 Å². The molecule has 0 bridgehead atoms. The molecule has 1 aliphatic heterocycles. The SMILES string of the molecule is COC(=O)C1CC(c2ccccc2)C(=O)N1Cc1ccc(OC)cc1. The van der Waals surface area contributed by atoms with Gasteiger partial charge in [0.1, 0.15) is 11.8 Å². The number of amides is 1. The lowest BCUT2D eigenvalue weighted by Gasteiger charge is -2.23. The minimum absolute atomic E-state index is 0.0441. The number of methoxy groups -OCH3 is 2. The third-order valence-corrected chi connectivity index (χ3v) is 4.60. The Labute approximate surface area is 147 Å². The van der Waals surface area contributed by atoms with E-state index in [-0.39, 0.29) is 17.8 Å². The molecule has 5 heteroatoms. The smallest absolute Gasteiger partial charge is 0.328 e. The van der Waals surface area contributed by atoms with Crippen LogP contribution in [0.5, 0.6) is 5.75 Å². The average molecular weight is 339 g/mol. The van der Waals surface area contributed by atoms with Gasteiger partial charge >= 0.3 is 5.97 Å². The Morgan fingerprint density at radius 2 is 1.76 bits per heavy atom. The Kier molecular flexibility index (Phi) is 5.03. The second-order valence-corrected chi connectivity index (χ2v) is 6.05. The molecule has 1 fully saturated rings. The summed E-state index contributed by atoms with van der Waals surface area (Å²) in [5, 5.41) is 0. The van der Waals surface area contributed by atoms with Gasteiger partial charge < -0.3 is 14.4 Å². The highest BCUT2D eigenvalue weighted by molar-refractivity contribution is 5.92. The molecule has 0 spiro atoms. The molecular weight excluding hydrogens is 318 g/mol. The van der Waals surface area contributed by atoms with Gasteiger partial charge in [-0.25, -0.2) is 4.79 Å². The first-order valence-corrected chi connectivity index (χ1v) is 8.20. The number of hydrogen-bond acceptors (Lipinski definition) is 4. The van der Waals surface area contributed by atoms with Gasteiger partial charge in [-0.2, -0.15) is 0 Å². The van der Waals surface area contributed by atoms with E-state index in [0.717, 1.165) is 16.9 Å². The number of rotatable bonds is 5. The number of nitrogens with zero attached hydrogens (tertiary/aromatic N) is 1. The highest BCUT2D eigenvalue weighted by Crippen LogP contribution is 2.34. The van der Waals surface area contributed by atoms with Gasteiger partial charge in [-0.1, -0.05) is 42.5 Å². The van der Waals surface area contributed by atoms with Crippen molar-refractivity contribution in [3.05, 3.63) is 65.7 Å². The lowest BCUT2D eigenvalue weighted by molar-refractivity contribution is -0.149. The zero-order chi connectivity index (χ0) is 17.8. The number of ether oxygens (including phenoxy) is 2. The number of carbonyl (C=O) groups excluding carboxylic acids is 2. The minimum Gasteiger partial charge on any atom is -0.497 e. The number of esters is 1. The fraction of sp³-hybridized carbons (Fsp3) is 0.300. The van der Waals surface area contributed by atoms with Crippen molar-refractivity contribution in [3.63, 3.8) is 0 Å². The molecule has 0 aromatic heterocycles. The number of benzene rings is 2. The molecule has 25 heavy (non-hydrogen) atoms. The van der Waals surface area contributed by atoms with E-state index >= 15 is 0 Å². The first kappa shape index (κ1) is 17.0. The van der Waals surface area contributed by atoms with Gasteiger partial charge in [0, 0.05) is 6.54 Å². The normalized spacial score (nSPS) is 19.8. The third-order valence-electron chi connectivity index (χ3n) is 4.60. The van der Waals surface area contributed by atoms with Crippen molar-refractivity contribution >= 4 is 11.9 Å². The third kappa shape index (κ3) is 3.50. The maximum atomic E-state index is 13.0. The molecule has 2 aromatic rings. The number of hydrogen-bond donors (Lipinski definition) is 0. The van der Waals surface area contributed by atoms with E-state index in [1.807, 2.05) is 54.6 Å². The molecule has 2 unspecified atom stereocenters. The highest BCUT2D eigenvalue weighted by atomic mass is 16.5. The Morgan fingerprint density at radius 3 is 2.36 bits per heavy atom. The Bertz CT molecular complexity index is 742. The zero-order valence-electron chi connectivity index (χ0n) is 14.3. The van der Waals surface area contributed by atoms with Crippen molar-refractivity contribution < 1.29 is 19.1 Å². The molecule has 1 heterocycles.